The third kappa shape index (κ3) is 19.4. The van der Waals surface area contributed by atoms with Crippen LogP contribution in [-0.4, -0.2) is 162 Å². The number of ether oxygens (including phenoxy) is 6. The molecule has 0 aromatic rings. The van der Waals surface area contributed by atoms with Gasteiger partial charge in [-0.1, -0.05) is 54.0 Å². The van der Waals surface area contributed by atoms with E-state index in [-0.39, 0.29) is 24.9 Å². The second kappa shape index (κ2) is 26.5. The van der Waals surface area contributed by atoms with Crippen molar-refractivity contribution in [2.24, 2.45) is 22.7 Å². The van der Waals surface area contributed by atoms with Crippen molar-refractivity contribution in [3.05, 3.63) is 12.7 Å². The molecule has 0 aliphatic carbocycles. The zero-order chi connectivity index (χ0) is 61.4. The topological polar surface area (TPSA) is 265 Å². The van der Waals surface area contributed by atoms with E-state index in [1.165, 1.54) is 24.0 Å². The fraction of sp³-hybridized carbons (Fsp3) is 0.821. The maximum absolute atomic E-state index is 13.7. The molecular weight excluding hydrogens is 1020 g/mol. The van der Waals surface area contributed by atoms with E-state index < -0.39 is 136 Å². The fourth-order valence-electron chi connectivity index (χ4n) is 9.62. The zero-order valence-electron chi connectivity index (χ0n) is 52.1. The molecule has 22 nitrogen and oxygen atoms in total. The van der Waals surface area contributed by atoms with Gasteiger partial charge >= 0.3 is 43.4 Å². The first-order chi connectivity index (χ1) is 35.7. The first kappa shape index (κ1) is 69.8. The minimum absolute atomic E-state index is 0.00463. The Bertz CT molecular complexity index is 2160. The summed E-state index contributed by atoms with van der Waals surface area (Å²) >= 11 is 0. The Morgan fingerprint density at radius 1 is 0.582 bits per heavy atom. The number of rotatable bonds is 16. The molecule has 0 aromatic carbocycles. The van der Waals surface area contributed by atoms with E-state index in [1.807, 2.05) is 48.5 Å². The van der Waals surface area contributed by atoms with Crippen molar-refractivity contribution in [2.75, 3.05) is 27.3 Å². The van der Waals surface area contributed by atoms with Crippen molar-refractivity contribution in [2.45, 2.75) is 248 Å². The Kier molecular flexibility index (Phi) is 23.4. The van der Waals surface area contributed by atoms with Gasteiger partial charge in [0, 0.05) is 23.9 Å². The van der Waals surface area contributed by atoms with E-state index in [0.717, 1.165) is 0 Å². The number of likely N-dealkylation sites (tertiary alicyclic amines) is 2. The number of esters is 2. The number of carbonyl (C=O) groups is 8. The molecule has 0 radical (unpaired) electrons. The number of methoxy groups -OCH3 is 2. The number of alkyl carbamates (subject to hydrolysis) is 2. The molecular formula is C56H99BN6O16. The monoisotopic (exact) mass is 1120 g/mol. The maximum atomic E-state index is 13.7. The summed E-state index contributed by atoms with van der Waals surface area (Å²) in [5.41, 5.74) is -5.93. The van der Waals surface area contributed by atoms with Gasteiger partial charge in [-0.2, -0.15) is 0 Å². The first-order valence-corrected chi connectivity index (χ1v) is 27.4. The molecule has 79 heavy (non-hydrogen) atoms. The van der Waals surface area contributed by atoms with Gasteiger partial charge in [0.1, 0.15) is 46.6 Å². The third-order valence-corrected chi connectivity index (χ3v) is 14.2. The van der Waals surface area contributed by atoms with E-state index in [0.29, 0.717) is 25.6 Å². The summed E-state index contributed by atoms with van der Waals surface area (Å²) < 4.78 is 44.4. The Hall–Kier alpha value is -5.32. The fourth-order valence-corrected chi connectivity index (χ4v) is 9.62. The minimum atomic E-state index is -1.04. The number of hydrogen-bond acceptors (Lipinski definition) is 16. The molecule has 3 aliphatic rings. The summed E-state index contributed by atoms with van der Waals surface area (Å²) in [6.45, 7) is 43.4. The van der Waals surface area contributed by atoms with Gasteiger partial charge < -0.3 is 59.0 Å². The summed E-state index contributed by atoms with van der Waals surface area (Å²) in [6.07, 6.45) is 0.668. The van der Waals surface area contributed by atoms with Gasteiger partial charge in [-0.05, 0) is 142 Å². The predicted octanol–water partition coefficient (Wildman–Crippen LogP) is 8.09. The molecule has 3 heterocycles. The van der Waals surface area contributed by atoms with Crippen LogP contribution in [0.15, 0.2) is 12.7 Å². The number of allylic oxidation sites excluding steroid dienone is 1. The lowest BCUT2D eigenvalue weighted by Crippen LogP contribution is -2.57. The highest BCUT2D eigenvalue weighted by Crippen LogP contribution is 2.45. The lowest BCUT2D eigenvalue weighted by molar-refractivity contribution is -0.150. The van der Waals surface area contributed by atoms with Crippen molar-refractivity contribution in [1.82, 2.24) is 31.1 Å². The molecule has 23 heteroatoms. The second-order valence-corrected chi connectivity index (χ2v) is 27.1. The molecule has 0 aromatic heterocycles. The normalized spacial score (nSPS) is 24.5. The Balaban J connectivity index is 0.000000555. The van der Waals surface area contributed by atoms with E-state index >= 15 is 0 Å². The minimum Gasteiger partial charge on any atom is -0.467 e. The summed E-state index contributed by atoms with van der Waals surface area (Å²) in [5.74, 6) is -2.68. The van der Waals surface area contributed by atoms with Crippen LogP contribution in [0.4, 0.5) is 19.2 Å². The quantitative estimate of drug-likeness (QED) is 0.0492. The van der Waals surface area contributed by atoms with E-state index in [4.69, 9.17) is 37.7 Å². The number of nitrogens with zero attached hydrogens (tertiary/aromatic N) is 2. The van der Waals surface area contributed by atoms with E-state index in [9.17, 15) is 38.4 Å². The van der Waals surface area contributed by atoms with Gasteiger partial charge in [0.25, 0.3) is 0 Å². The summed E-state index contributed by atoms with van der Waals surface area (Å²) in [5, 5.41) is 11.3. The Morgan fingerprint density at radius 3 is 1.22 bits per heavy atom. The summed E-state index contributed by atoms with van der Waals surface area (Å²) in [6, 6.07) is -5.20. The molecule has 0 spiro atoms. The number of carbonyl (C=O) groups excluding carboxylic acids is 8. The van der Waals surface area contributed by atoms with Crippen molar-refractivity contribution >= 4 is 55.2 Å². The van der Waals surface area contributed by atoms with E-state index in [2.05, 4.69) is 27.8 Å². The lowest BCUT2D eigenvalue weighted by atomic mass is 9.71. The van der Waals surface area contributed by atoms with Gasteiger partial charge in [-0.3, -0.25) is 19.4 Å². The summed E-state index contributed by atoms with van der Waals surface area (Å²) in [4.78, 5) is 107. The highest BCUT2D eigenvalue weighted by atomic mass is 16.7. The third-order valence-electron chi connectivity index (χ3n) is 14.2. The van der Waals surface area contributed by atoms with Gasteiger partial charge in [0.15, 0.2) is 0 Å². The van der Waals surface area contributed by atoms with E-state index in [1.54, 1.807) is 110 Å². The molecule has 452 valence electrons. The average molecular weight is 1120 g/mol. The molecule has 4 N–H and O–H groups in total. The molecule has 3 rings (SSSR count). The van der Waals surface area contributed by atoms with Crippen molar-refractivity contribution in [1.29, 1.82) is 0 Å². The SMILES string of the molecule is C=CC[C@]1(C)[C@@H](NC(=O)[C@@H](NC(=O)OC(C)(C)C)C(C)C)CN(C(=O)OC(C)(C)C)[C@@H]1C(=O)OC.COC(=O)[C@H]1N(C(=O)OC(C)(C)C)C[C@H](NC(=O)[C@@H](NC(=O)OC(C)(C)C)C(C)C)[C@@]1(C)CCCB1OC(C)(C)C(C)(C)O1. The molecule has 3 saturated heterocycles. The first-order valence-electron chi connectivity index (χ1n) is 27.4. The second-order valence-electron chi connectivity index (χ2n) is 27.1. The van der Waals surface area contributed by atoms with Gasteiger partial charge in [0.2, 0.25) is 11.8 Å². The highest BCUT2D eigenvalue weighted by molar-refractivity contribution is 6.45. The van der Waals surface area contributed by atoms with Crippen LogP contribution in [0.5, 0.6) is 0 Å². The van der Waals surface area contributed by atoms with Crippen LogP contribution in [0, 0.1) is 22.7 Å². The maximum Gasteiger partial charge on any atom is 0.457 e. The van der Waals surface area contributed by atoms with Crippen molar-refractivity contribution < 1.29 is 76.1 Å². The van der Waals surface area contributed by atoms with Crippen molar-refractivity contribution in [3.63, 3.8) is 0 Å². The molecule has 0 unspecified atom stereocenters. The highest BCUT2D eigenvalue weighted by Gasteiger charge is 2.60. The Morgan fingerprint density at radius 2 is 0.911 bits per heavy atom. The predicted molar refractivity (Wildman–Crippen MR) is 298 cm³/mol. The Labute approximate surface area is 471 Å². The largest absolute Gasteiger partial charge is 0.467 e. The smallest absolute Gasteiger partial charge is 0.457 e. The molecule has 0 saturated carbocycles. The number of hydrogen-bond donors (Lipinski definition) is 4. The number of amides is 6. The standard InChI is InChI=1S/C31H56BN3O9.C25H43N3O7/c1-19(2)21(34-25(38)41-27(3,4)5)23(36)33-20-18-35(26(39)42-28(6,7)8)22(24(37)40-14)31(20,13)16-15-17-32-43-29(9,10)30(11,12)44-32;1-12-13-25(10)16(14-28(18(25)20(30)33-11)22(32)35-24(7,8)9)26-19(29)17(15(2)3)27-21(31)34-23(4,5)6/h19-22H,15-18H2,1-14H3,(H,33,36)(H,34,38);12,15-18H,1,13-14H2,2-11H3,(H,26,29)(H,27,31)/t20-,21-,22+,31+;16-,17-,18+,25+/m00/s1. The molecule has 3 fully saturated rings. The van der Waals surface area contributed by atoms with Crippen LogP contribution < -0.4 is 21.3 Å². The van der Waals surface area contributed by atoms with Gasteiger partial charge in [0.05, 0.1) is 37.5 Å². The van der Waals surface area contributed by atoms with Crippen molar-refractivity contribution in [3.8, 4) is 0 Å². The average Bonchev–Trinajstić information content (AvgIpc) is 3.79. The van der Waals surface area contributed by atoms with Crippen LogP contribution in [-0.2, 0) is 56.9 Å². The molecule has 0 bridgehead atoms. The number of nitrogens with one attached hydrogen (secondary N) is 4. The zero-order valence-corrected chi connectivity index (χ0v) is 52.1. The van der Waals surface area contributed by atoms with Crippen LogP contribution >= 0.6 is 0 Å². The van der Waals surface area contributed by atoms with Crippen LogP contribution in [0.25, 0.3) is 0 Å². The molecule has 6 amide bonds. The van der Waals surface area contributed by atoms with Gasteiger partial charge in [-0.25, -0.2) is 28.8 Å². The van der Waals surface area contributed by atoms with Crippen LogP contribution in [0.3, 0.4) is 0 Å². The molecule has 8 atom stereocenters. The van der Waals surface area contributed by atoms with Crippen LogP contribution in [0.1, 0.15) is 172 Å². The van der Waals surface area contributed by atoms with Crippen LogP contribution in [0.2, 0.25) is 6.32 Å². The van der Waals surface area contributed by atoms with Gasteiger partial charge in [-0.15, -0.1) is 6.58 Å². The summed E-state index contributed by atoms with van der Waals surface area (Å²) in [7, 11) is 2.07. The molecule has 3 aliphatic heterocycles. The lowest BCUT2D eigenvalue weighted by Gasteiger charge is -2.37.